The Bertz CT molecular complexity index is 817. The second kappa shape index (κ2) is 9.88. The highest BCUT2D eigenvalue weighted by molar-refractivity contribution is 9.10. The highest BCUT2D eigenvalue weighted by Crippen LogP contribution is 2.20. The van der Waals surface area contributed by atoms with E-state index in [1.54, 1.807) is 6.20 Å². The topological polar surface area (TPSA) is 51.2 Å². The average Bonchev–Trinajstić information content (AvgIpc) is 2.71. The number of amides is 1. The van der Waals surface area contributed by atoms with E-state index < -0.39 is 0 Å². The van der Waals surface area contributed by atoms with Gasteiger partial charge in [0.05, 0.1) is 18.3 Å². The van der Waals surface area contributed by atoms with Crippen molar-refractivity contribution in [3.05, 3.63) is 94.7 Å². The summed E-state index contributed by atoms with van der Waals surface area (Å²) in [6.45, 7) is 0.490. The minimum absolute atomic E-state index is 0.0210. The number of nitrogens with zero attached hydrogens (tertiary/aromatic N) is 1. The van der Waals surface area contributed by atoms with Crippen molar-refractivity contribution in [1.82, 2.24) is 10.3 Å². The first-order valence-electron chi connectivity index (χ1n) is 8.86. The third kappa shape index (κ3) is 5.93. The van der Waals surface area contributed by atoms with Crippen molar-refractivity contribution in [1.29, 1.82) is 0 Å². The molecule has 138 valence electrons. The molecule has 3 aromatic rings. The molecule has 0 fully saturated rings. The molecular formula is C22H21BrN2O2. The number of halogens is 1. The van der Waals surface area contributed by atoms with Gasteiger partial charge in [-0.2, -0.15) is 0 Å². The van der Waals surface area contributed by atoms with E-state index in [9.17, 15) is 4.79 Å². The molecule has 2 aromatic carbocycles. The third-order valence-electron chi connectivity index (χ3n) is 4.03. The molecule has 4 nitrogen and oxygen atoms in total. The molecule has 3 rings (SSSR count). The van der Waals surface area contributed by atoms with E-state index in [1.807, 2.05) is 72.8 Å². The Morgan fingerprint density at radius 2 is 1.85 bits per heavy atom. The van der Waals surface area contributed by atoms with E-state index in [0.29, 0.717) is 19.4 Å². The van der Waals surface area contributed by atoms with Crippen LogP contribution < -0.4 is 10.1 Å². The molecule has 1 amide bonds. The van der Waals surface area contributed by atoms with Crippen LogP contribution in [0.3, 0.4) is 0 Å². The predicted molar refractivity (Wildman–Crippen MR) is 110 cm³/mol. The first-order chi connectivity index (χ1) is 13.2. The number of hydrogen-bond acceptors (Lipinski definition) is 3. The van der Waals surface area contributed by atoms with Crippen LogP contribution in [0.2, 0.25) is 0 Å². The lowest BCUT2D eigenvalue weighted by Crippen LogP contribution is -2.30. The van der Waals surface area contributed by atoms with Gasteiger partial charge in [0, 0.05) is 17.1 Å². The smallest absolute Gasteiger partial charge is 0.220 e. The molecule has 0 bridgehead atoms. The zero-order chi connectivity index (χ0) is 18.9. The van der Waals surface area contributed by atoms with Crippen molar-refractivity contribution in [3.8, 4) is 5.75 Å². The van der Waals surface area contributed by atoms with E-state index in [1.165, 1.54) is 0 Å². The molecule has 0 aliphatic carbocycles. The maximum atomic E-state index is 12.5. The van der Waals surface area contributed by atoms with Gasteiger partial charge in [-0.3, -0.25) is 9.78 Å². The molecule has 0 radical (unpaired) electrons. The molecule has 5 heteroatoms. The molecule has 27 heavy (non-hydrogen) atoms. The van der Waals surface area contributed by atoms with Gasteiger partial charge in [0.25, 0.3) is 0 Å². The molecule has 1 N–H and O–H groups in total. The van der Waals surface area contributed by atoms with Crippen LogP contribution in [0.15, 0.2) is 83.5 Å². The van der Waals surface area contributed by atoms with Crippen molar-refractivity contribution < 1.29 is 9.53 Å². The van der Waals surface area contributed by atoms with Gasteiger partial charge in [0.2, 0.25) is 5.91 Å². The Morgan fingerprint density at radius 1 is 1.04 bits per heavy atom. The summed E-state index contributed by atoms with van der Waals surface area (Å²) in [6, 6.07) is 23.0. The van der Waals surface area contributed by atoms with Gasteiger partial charge < -0.3 is 10.1 Å². The molecule has 0 saturated carbocycles. The summed E-state index contributed by atoms with van der Waals surface area (Å²) in [6.07, 6.45) is 2.77. The molecule has 1 heterocycles. The minimum Gasteiger partial charge on any atom is -0.494 e. The fourth-order valence-electron chi connectivity index (χ4n) is 2.73. The Morgan fingerprint density at radius 3 is 2.59 bits per heavy atom. The number of hydrogen-bond donors (Lipinski definition) is 1. The van der Waals surface area contributed by atoms with Crippen molar-refractivity contribution in [2.45, 2.75) is 18.9 Å². The van der Waals surface area contributed by atoms with E-state index in [4.69, 9.17) is 4.74 Å². The molecule has 1 atom stereocenters. The molecular weight excluding hydrogens is 404 g/mol. The van der Waals surface area contributed by atoms with E-state index >= 15 is 0 Å². The molecule has 0 aliphatic rings. The fourth-order valence-corrected chi connectivity index (χ4v) is 3.11. The highest BCUT2D eigenvalue weighted by atomic mass is 79.9. The largest absolute Gasteiger partial charge is 0.494 e. The van der Waals surface area contributed by atoms with E-state index in [0.717, 1.165) is 21.5 Å². The predicted octanol–water partition coefficient (Wildman–Crippen LogP) is 4.91. The molecule has 1 unspecified atom stereocenters. The summed E-state index contributed by atoms with van der Waals surface area (Å²) in [7, 11) is 0. The summed E-state index contributed by atoms with van der Waals surface area (Å²) < 4.78 is 6.66. The summed E-state index contributed by atoms with van der Waals surface area (Å²) in [5, 5.41) is 3.09. The lowest BCUT2D eigenvalue weighted by atomic mass is 10.0. The van der Waals surface area contributed by atoms with Gasteiger partial charge in [0.15, 0.2) is 0 Å². The third-order valence-corrected chi connectivity index (χ3v) is 4.53. The van der Waals surface area contributed by atoms with Crippen LogP contribution in [0.1, 0.15) is 30.1 Å². The summed E-state index contributed by atoms with van der Waals surface area (Å²) in [4.78, 5) is 16.9. The van der Waals surface area contributed by atoms with E-state index in [-0.39, 0.29) is 11.9 Å². The summed E-state index contributed by atoms with van der Waals surface area (Å²) in [5.74, 6) is 0.771. The number of carbonyl (C=O) groups excluding carboxylic acids is 1. The SMILES string of the molecule is O=C(CCCOc1cccc(Br)c1)NC(c1ccccc1)c1ccccn1. The average molecular weight is 425 g/mol. The van der Waals surface area contributed by atoms with Crippen molar-refractivity contribution in [2.24, 2.45) is 0 Å². The second-order valence-electron chi connectivity index (χ2n) is 6.08. The first-order valence-corrected chi connectivity index (χ1v) is 9.65. The number of carbonyl (C=O) groups is 1. The lowest BCUT2D eigenvalue weighted by molar-refractivity contribution is -0.121. The number of ether oxygens (including phenoxy) is 1. The van der Waals surface area contributed by atoms with Crippen molar-refractivity contribution in [2.75, 3.05) is 6.61 Å². The molecule has 0 aliphatic heterocycles. The Balaban J connectivity index is 1.55. The van der Waals surface area contributed by atoms with Crippen molar-refractivity contribution >= 4 is 21.8 Å². The molecule has 0 spiro atoms. The minimum atomic E-state index is -0.258. The Hall–Kier alpha value is -2.66. The van der Waals surface area contributed by atoms with Gasteiger partial charge in [-0.25, -0.2) is 0 Å². The van der Waals surface area contributed by atoms with Crippen LogP contribution in [-0.4, -0.2) is 17.5 Å². The van der Waals surface area contributed by atoms with Gasteiger partial charge >= 0.3 is 0 Å². The number of benzene rings is 2. The van der Waals surface area contributed by atoms with Crippen LogP contribution in [0.4, 0.5) is 0 Å². The second-order valence-corrected chi connectivity index (χ2v) is 6.99. The molecule has 0 saturated heterocycles. The van der Waals surface area contributed by atoms with Crippen molar-refractivity contribution in [3.63, 3.8) is 0 Å². The van der Waals surface area contributed by atoms with Gasteiger partial charge in [-0.05, 0) is 42.3 Å². The number of aromatic nitrogens is 1. The van der Waals surface area contributed by atoms with Crippen LogP contribution in [0.5, 0.6) is 5.75 Å². The van der Waals surface area contributed by atoms with Gasteiger partial charge in [0.1, 0.15) is 5.75 Å². The molecule has 1 aromatic heterocycles. The number of nitrogens with one attached hydrogen (secondary N) is 1. The van der Waals surface area contributed by atoms with E-state index in [2.05, 4.69) is 26.2 Å². The quantitative estimate of drug-likeness (QED) is 0.522. The monoisotopic (exact) mass is 424 g/mol. The summed E-state index contributed by atoms with van der Waals surface area (Å²) >= 11 is 3.42. The van der Waals surface area contributed by atoms with Gasteiger partial charge in [-0.1, -0.05) is 58.4 Å². The summed E-state index contributed by atoms with van der Waals surface area (Å²) in [5.41, 5.74) is 1.83. The highest BCUT2D eigenvalue weighted by Gasteiger charge is 2.17. The van der Waals surface area contributed by atoms with Crippen LogP contribution in [-0.2, 0) is 4.79 Å². The van der Waals surface area contributed by atoms with Crippen LogP contribution in [0, 0.1) is 0 Å². The standard InChI is InChI=1S/C22H21BrN2O2/c23-18-10-6-11-19(16-18)27-15-7-13-21(26)25-22(17-8-2-1-3-9-17)20-12-4-5-14-24-20/h1-6,8-12,14,16,22H,7,13,15H2,(H,25,26). The zero-order valence-corrected chi connectivity index (χ0v) is 16.4. The van der Waals surface area contributed by atoms with Crippen LogP contribution >= 0.6 is 15.9 Å². The normalized spacial score (nSPS) is 11.6. The lowest BCUT2D eigenvalue weighted by Gasteiger charge is -2.19. The number of pyridine rings is 1. The number of rotatable bonds is 8. The fraction of sp³-hybridized carbons (Fsp3) is 0.182. The maximum absolute atomic E-state index is 12.5. The van der Waals surface area contributed by atoms with Crippen LogP contribution in [0.25, 0.3) is 0 Å². The Kier molecular flexibility index (Phi) is 6.99. The zero-order valence-electron chi connectivity index (χ0n) is 14.8. The Labute approximate surface area is 167 Å². The van der Waals surface area contributed by atoms with Gasteiger partial charge in [-0.15, -0.1) is 0 Å². The first kappa shape index (κ1) is 19.1. The maximum Gasteiger partial charge on any atom is 0.220 e.